The molecule has 2 rings (SSSR count). The van der Waals surface area contributed by atoms with E-state index in [9.17, 15) is 0 Å². The minimum absolute atomic E-state index is 0.344. The van der Waals surface area contributed by atoms with Crippen molar-refractivity contribution < 1.29 is 4.74 Å². The van der Waals surface area contributed by atoms with E-state index in [1.807, 2.05) is 7.11 Å². The third kappa shape index (κ3) is 3.83. The van der Waals surface area contributed by atoms with Gasteiger partial charge in [-0.05, 0) is 62.6 Å². The minimum atomic E-state index is 0.344. The first-order chi connectivity index (χ1) is 9.76. The quantitative estimate of drug-likeness (QED) is 0.789. The number of hydrogen-bond donors (Lipinski definition) is 1. The summed E-state index contributed by atoms with van der Waals surface area (Å²) in [5.41, 5.74) is 3.06. The van der Waals surface area contributed by atoms with E-state index in [0.29, 0.717) is 18.1 Å². The molecule has 1 aromatic carbocycles. The van der Waals surface area contributed by atoms with Gasteiger partial charge in [0.2, 0.25) is 0 Å². The second-order valence-corrected chi connectivity index (χ2v) is 6.06. The van der Waals surface area contributed by atoms with Crippen molar-refractivity contribution in [1.82, 2.24) is 5.32 Å². The normalized spacial score (nSPS) is 23.9. The Kier molecular flexibility index (Phi) is 6.06. The van der Waals surface area contributed by atoms with Gasteiger partial charge in [0.25, 0.3) is 0 Å². The monoisotopic (exact) mass is 275 g/mol. The molecule has 2 heteroatoms. The first kappa shape index (κ1) is 15.5. The molecule has 20 heavy (non-hydrogen) atoms. The van der Waals surface area contributed by atoms with E-state index in [1.165, 1.54) is 36.8 Å². The van der Waals surface area contributed by atoms with E-state index in [4.69, 9.17) is 4.74 Å². The van der Waals surface area contributed by atoms with Gasteiger partial charge in [-0.2, -0.15) is 0 Å². The lowest BCUT2D eigenvalue weighted by molar-refractivity contribution is 0.0856. The van der Waals surface area contributed by atoms with Crippen molar-refractivity contribution in [2.45, 2.75) is 58.1 Å². The van der Waals surface area contributed by atoms with Crippen LogP contribution in [0.25, 0.3) is 0 Å². The standard InChI is InChI=1S/C18H29NO/c1-4-12-19-18-16(13-14(2)20-3)10-7-9-15-8-5-6-11-17(15)18/h5-6,8,11,14,16,18-19H,4,7,9-10,12-13H2,1-3H3. The van der Waals surface area contributed by atoms with Crippen LogP contribution in [0.3, 0.4) is 0 Å². The van der Waals surface area contributed by atoms with E-state index >= 15 is 0 Å². The summed E-state index contributed by atoms with van der Waals surface area (Å²) in [6, 6.07) is 9.47. The van der Waals surface area contributed by atoms with Crippen LogP contribution in [-0.2, 0) is 11.2 Å². The van der Waals surface area contributed by atoms with E-state index < -0.39 is 0 Å². The molecular weight excluding hydrogens is 246 g/mol. The van der Waals surface area contributed by atoms with Crippen molar-refractivity contribution in [1.29, 1.82) is 0 Å². The van der Waals surface area contributed by atoms with Crippen molar-refractivity contribution in [3.8, 4) is 0 Å². The number of hydrogen-bond acceptors (Lipinski definition) is 2. The molecular formula is C18H29NO. The van der Waals surface area contributed by atoms with Crippen LogP contribution in [-0.4, -0.2) is 19.8 Å². The van der Waals surface area contributed by atoms with Gasteiger partial charge < -0.3 is 10.1 Å². The second-order valence-electron chi connectivity index (χ2n) is 6.06. The minimum Gasteiger partial charge on any atom is -0.382 e. The maximum Gasteiger partial charge on any atom is 0.0546 e. The van der Waals surface area contributed by atoms with Gasteiger partial charge in [0.1, 0.15) is 0 Å². The molecule has 1 N–H and O–H groups in total. The van der Waals surface area contributed by atoms with Crippen LogP contribution < -0.4 is 5.32 Å². The van der Waals surface area contributed by atoms with Crippen LogP contribution in [0.2, 0.25) is 0 Å². The fraction of sp³-hybridized carbons (Fsp3) is 0.667. The second kappa shape index (κ2) is 7.80. The Morgan fingerprint density at radius 3 is 2.90 bits per heavy atom. The fourth-order valence-electron chi connectivity index (χ4n) is 3.39. The van der Waals surface area contributed by atoms with Gasteiger partial charge in [-0.1, -0.05) is 31.2 Å². The first-order valence-corrected chi connectivity index (χ1v) is 8.10. The van der Waals surface area contributed by atoms with Crippen LogP contribution in [0, 0.1) is 5.92 Å². The molecule has 1 aliphatic rings. The zero-order chi connectivity index (χ0) is 14.4. The predicted octanol–water partition coefficient (Wildman–Crippen LogP) is 4.10. The van der Waals surface area contributed by atoms with E-state index in [2.05, 4.69) is 43.4 Å². The lowest BCUT2D eigenvalue weighted by Crippen LogP contribution is -2.31. The maximum atomic E-state index is 5.51. The van der Waals surface area contributed by atoms with E-state index in [1.54, 1.807) is 0 Å². The molecule has 0 spiro atoms. The molecule has 0 radical (unpaired) electrons. The number of fused-ring (bicyclic) bond motifs is 1. The SMILES string of the molecule is CCCNC1c2ccccc2CCCC1CC(C)OC. The van der Waals surface area contributed by atoms with Crippen molar-refractivity contribution >= 4 is 0 Å². The molecule has 1 aromatic rings. The summed E-state index contributed by atoms with van der Waals surface area (Å²) in [4.78, 5) is 0. The van der Waals surface area contributed by atoms with Crippen LogP contribution in [0.1, 0.15) is 56.7 Å². The molecule has 0 aromatic heterocycles. The average molecular weight is 275 g/mol. The Bertz CT molecular complexity index is 404. The van der Waals surface area contributed by atoms with E-state index in [0.717, 1.165) is 13.0 Å². The number of benzene rings is 1. The molecule has 3 unspecified atom stereocenters. The highest BCUT2D eigenvalue weighted by Gasteiger charge is 2.28. The number of nitrogens with one attached hydrogen (secondary N) is 1. The summed E-state index contributed by atoms with van der Waals surface area (Å²) in [6.07, 6.45) is 6.48. The van der Waals surface area contributed by atoms with Gasteiger partial charge in [-0.25, -0.2) is 0 Å². The Morgan fingerprint density at radius 2 is 2.15 bits per heavy atom. The summed E-state index contributed by atoms with van der Waals surface area (Å²) >= 11 is 0. The molecule has 0 fully saturated rings. The molecule has 112 valence electrons. The topological polar surface area (TPSA) is 21.3 Å². The summed E-state index contributed by atoms with van der Waals surface area (Å²) in [6.45, 7) is 5.52. The van der Waals surface area contributed by atoms with Gasteiger partial charge in [0.15, 0.2) is 0 Å². The molecule has 0 amide bonds. The number of aryl methyl sites for hydroxylation is 1. The molecule has 1 aliphatic carbocycles. The summed E-state index contributed by atoms with van der Waals surface area (Å²) < 4.78 is 5.51. The van der Waals surface area contributed by atoms with Crippen LogP contribution >= 0.6 is 0 Å². The highest BCUT2D eigenvalue weighted by atomic mass is 16.5. The Labute approximate surface area is 123 Å². The number of rotatable bonds is 6. The molecule has 0 aliphatic heterocycles. The van der Waals surface area contributed by atoms with Crippen LogP contribution in [0.15, 0.2) is 24.3 Å². The van der Waals surface area contributed by atoms with Gasteiger partial charge in [-0.3, -0.25) is 0 Å². The predicted molar refractivity (Wildman–Crippen MR) is 85.0 cm³/mol. The zero-order valence-electron chi connectivity index (χ0n) is 13.2. The van der Waals surface area contributed by atoms with Gasteiger partial charge in [-0.15, -0.1) is 0 Å². The summed E-state index contributed by atoms with van der Waals surface area (Å²) in [5.74, 6) is 0.681. The van der Waals surface area contributed by atoms with Gasteiger partial charge >= 0.3 is 0 Å². The molecule has 3 atom stereocenters. The maximum absolute atomic E-state index is 5.51. The summed E-state index contributed by atoms with van der Waals surface area (Å²) in [5, 5.41) is 3.79. The molecule has 0 saturated carbocycles. The third-order valence-electron chi connectivity index (χ3n) is 4.53. The van der Waals surface area contributed by atoms with Crippen LogP contribution in [0.4, 0.5) is 0 Å². The lowest BCUT2D eigenvalue weighted by Gasteiger charge is -2.29. The zero-order valence-corrected chi connectivity index (χ0v) is 13.2. The van der Waals surface area contributed by atoms with Gasteiger partial charge in [0.05, 0.1) is 6.10 Å². The highest BCUT2D eigenvalue weighted by molar-refractivity contribution is 5.31. The van der Waals surface area contributed by atoms with Crippen molar-refractivity contribution in [2.75, 3.05) is 13.7 Å². The van der Waals surface area contributed by atoms with Gasteiger partial charge in [0, 0.05) is 13.2 Å². The first-order valence-electron chi connectivity index (χ1n) is 8.10. The number of methoxy groups -OCH3 is 1. The molecule has 0 heterocycles. The third-order valence-corrected chi connectivity index (χ3v) is 4.53. The van der Waals surface area contributed by atoms with E-state index in [-0.39, 0.29) is 0 Å². The Morgan fingerprint density at radius 1 is 1.35 bits per heavy atom. The Hall–Kier alpha value is -0.860. The molecule has 0 bridgehead atoms. The van der Waals surface area contributed by atoms with Crippen molar-refractivity contribution in [2.24, 2.45) is 5.92 Å². The highest BCUT2D eigenvalue weighted by Crippen LogP contribution is 2.36. The fourth-order valence-corrected chi connectivity index (χ4v) is 3.39. The van der Waals surface area contributed by atoms with Crippen molar-refractivity contribution in [3.05, 3.63) is 35.4 Å². The molecule has 0 saturated heterocycles. The average Bonchev–Trinajstić information content (AvgIpc) is 2.64. The lowest BCUT2D eigenvalue weighted by atomic mass is 9.86. The number of ether oxygens (including phenoxy) is 1. The molecule has 2 nitrogen and oxygen atoms in total. The van der Waals surface area contributed by atoms with Crippen LogP contribution in [0.5, 0.6) is 0 Å². The van der Waals surface area contributed by atoms with Crippen molar-refractivity contribution in [3.63, 3.8) is 0 Å². The largest absolute Gasteiger partial charge is 0.382 e. The summed E-state index contributed by atoms with van der Waals surface area (Å²) in [7, 11) is 1.82. The smallest absolute Gasteiger partial charge is 0.0546 e. The Balaban J connectivity index is 2.22.